The van der Waals surface area contributed by atoms with Gasteiger partial charge < -0.3 is 9.80 Å². The van der Waals surface area contributed by atoms with Crippen molar-refractivity contribution in [3.05, 3.63) is 185 Å². The summed E-state index contributed by atoms with van der Waals surface area (Å²) in [5, 5.41) is 0. The first kappa shape index (κ1) is 40.2. The molecule has 0 unspecified atom stereocenters. The molecule has 1 aliphatic heterocycles. The van der Waals surface area contributed by atoms with Crippen molar-refractivity contribution in [3.63, 3.8) is 0 Å². The molecule has 1 aliphatic rings. The second-order valence-electron chi connectivity index (χ2n) is 14.5. The zero-order valence-electron chi connectivity index (χ0n) is 32.0. The van der Waals surface area contributed by atoms with Crippen LogP contribution in [0.4, 0.5) is 13.2 Å². The molecule has 0 spiro atoms. The maximum Gasteiger partial charge on any atom is 0.416 e. The van der Waals surface area contributed by atoms with Crippen LogP contribution < -0.4 is 0 Å². The number of aryl methyl sites for hydroxylation is 1. The molecule has 1 atom stereocenters. The lowest BCUT2D eigenvalue weighted by Gasteiger charge is -2.42. The Labute approximate surface area is 329 Å². The van der Waals surface area contributed by atoms with Gasteiger partial charge in [0.1, 0.15) is 6.04 Å². The second kappa shape index (κ2) is 19.4. The highest BCUT2D eigenvalue weighted by atomic mass is 19.4. The van der Waals surface area contributed by atoms with Crippen LogP contribution in [-0.2, 0) is 35.2 Å². The van der Waals surface area contributed by atoms with Gasteiger partial charge in [0.2, 0.25) is 11.8 Å². The molecule has 0 saturated carbocycles. The van der Waals surface area contributed by atoms with Crippen LogP contribution >= 0.6 is 0 Å². The van der Waals surface area contributed by atoms with Crippen LogP contribution in [0.5, 0.6) is 0 Å². The molecule has 0 aliphatic carbocycles. The summed E-state index contributed by atoms with van der Waals surface area (Å²) < 4.78 is 39.7. The summed E-state index contributed by atoms with van der Waals surface area (Å²) >= 11 is 0. The Morgan fingerprint density at radius 2 is 1.23 bits per heavy atom. The molecule has 2 amide bonds. The van der Waals surface area contributed by atoms with Crippen LogP contribution in [0.1, 0.15) is 71.2 Å². The zero-order chi connectivity index (χ0) is 39.3. The van der Waals surface area contributed by atoms with E-state index in [-0.39, 0.29) is 18.5 Å². The number of amides is 2. The minimum Gasteiger partial charge on any atom is -0.338 e. The van der Waals surface area contributed by atoms with E-state index in [0.717, 1.165) is 48.9 Å². The van der Waals surface area contributed by atoms with Gasteiger partial charge in [-0.3, -0.25) is 14.5 Å². The fraction of sp³-hybridized carbons (Fsp3) is 0.292. The number of carbonyl (C=O) groups is 2. The average Bonchev–Trinajstić information content (AvgIpc) is 3.23. The number of hydrogen-bond donors (Lipinski definition) is 0. The predicted molar refractivity (Wildman–Crippen MR) is 218 cm³/mol. The molecule has 8 heteroatoms. The molecular weight excluding hydrogens is 708 g/mol. The molecule has 1 saturated heterocycles. The van der Waals surface area contributed by atoms with Gasteiger partial charge in [-0.2, -0.15) is 13.2 Å². The van der Waals surface area contributed by atoms with E-state index in [1.54, 1.807) is 4.90 Å². The van der Waals surface area contributed by atoms with Gasteiger partial charge in [-0.05, 0) is 64.4 Å². The standard InChI is InChI=1S/C48H50F3N3O2/c1-2-3-7-14-37-21-23-40(24-22-37)36-54(45(55)30-27-38-25-28-43(29-26-38)48(49,50)51)44(35-39-15-8-4-9-16-39)47(56)53-33-31-52(32-34-53)46(41-17-10-5-11-18-41)42-19-12-6-13-20-42/h4-6,8-13,15-30,44,46H,2-3,7,14,31-36H2,1H3/b30-27+/t44-/m0/s1. The zero-order valence-corrected chi connectivity index (χ0v) is 32.0. The first-order valence-electron chi connectivity index (χ1n) is 19.6. The summed E-state index contributed by atoms with van der Waals surface area (Å²) in [6.07, 6.45) is 3.12. The van der Waals surface area contributed by atoms with Crippen molar-refractivity contribution >= 4 is 17.9 Å². The van der Waals surface area contributed by atoms with E-state index in [9.17, 15) is 22.8 Å². The van der Waals surface area contributed by atoms with Crippen LogP contribution in [0.3, 0.4) is 0 Å². The van der Waals surface area contributed by atoms with Crippen LogP contribution in [0.25, 0.3) is 6.08 Å². The van der Waals surface area contributed by atoms with Gasteiger partial charge in [0.15, 0.2) is 0 Å². The van der Waals surface area contributed by atoms with Crippen molar-refractivity contribution in [2.75, 3.05) is 26.2 Å². The van der Waals surface area contributed by atoms with Crippen LogP contribution in [0, 0.1) is 0 Å². The molecular formula is C48H50F3N3O2. The number of benzene rings is 5. The van der Waals surface area contributed by atoms with Crippen molar-refractivity contribution in [3.8, 4) is 0 Å². The maximum atomic E-state index is 14.8. The summed E-state index contributed by atoms with van der Waals surface area (Å²) in [5.74, 6) is -0.519. The molecule has 0 radical (unpaired) electrons. The average molecular weight is 758 g/mol. The lowest BCUT2D eigenvalue weighted by molar-refractivity contribution is -0.145. The van der Waals surface area contributed by atoms with E-state index < -0.39 is 23.7 Å². The quantitative estimate of drug-likeness (QED) is 0.0789. The third kappa shape index (κ3) is 10.8. The first-order chi connectivity index (χ1) is 27.2. The third-order valence-electron chi connectivity index (χ3n) is 10.5. The second-order valence-corrected chi connectivity index (χ2v) is 14.5. The molecule has 56 heavy (non-hydrogen) atoms. The summed E-state index contributed by atoms with van der Waals surface area (Å²) in [4.78, 5) is 35.1. The molecule has 0 aromatic heterocycles. The van der Waals surface area contributed by atoms with Crippen molar-refractivity contribution in [2.45, 2.75) is 63.8 Å². The highest BCUT2D eigenvalue weighted by Crippen LogP contribution is 2.31. The molecule has 5 aromatic rings. The van der Waals surface area contributed by atoms with E-state index in [0.29, 0.717) is 38.2 Å². The Balaban J connectivity index is 1.28. The Morgan fingerprint density at radius 3 is 1.79 bits per heavy atom. The summed E-state index contributed by atoms with van der Waals surface area (Å²) in [6.45, 7) is 4.67. The number of alkyl halides is 3. The first-order valence-corrected chi connectivity index (χ1v) is 19.6. The number of carbonyl (C=O) groups excluding carboxylic acids is 2. The van der Waals surface area contributed by atoms with Gasteiger partial charge in [-0.25, -0.2) is 0 Å². The van der Waals surface area contributed by atoms with E-state index in [2.05, 4.69) is 72.5 Å². The predicted octanol–water partition coefficient (Wildman–Crippen LogP) is 10.0. The molecule has 0 N–H and O–H groups in total. The van der Waals surface area contributed by atoms with Crippen molar-refractivity contribution < 1.29 is 22.8 Å². The normalized spacial score (nSPS) is 14.3. The molecule has 5 nitrogen and oxygen atoms in total. The van der Waals surface area contributed by atoms with Gasteiger partial charge in [-0.15, -0.1) is 0 Å². The highest BCUT2D eigenvalue weighted by Gasteiger charge is 2.36. The van der Waals surface area contributed by atoms with Gasteiger partial charge in [0.05, 0.1) is 11.6 Å². The van der Waals surface area contributed by atoms with E-state index in [1.165, 1.54) is 41.0 Å². The van der Waals surface area contributed by atoms with Gasteiger partial charge in [0, 0.05) is 45.2 Å². The molecule has 6 rings (SSSR count). The number of halogens is 3. The Morgan fingerprint density at radius 1 is 0.679 bits per heavy atom. The molecule has 5 aromatic carbocycles. The summed E-state index contributed by atoms with van der Waals surface area (Å²) in [7, 11) is 0. The third-order valence-corrected chi connectivity index (χ3v) is 10.5. The summed E-state index contributed by atoms with van der Waals surface area (Å²) in [5.41, 5.74) is 5.12. The fourth-order valence-electron chi connectivity index (χ4n) is 7.44. The Kier molecular flexibility index (Phi) is 13.9. The van der Waals surface area contributed by atoms with E-state index in [1.807, 2.05) is 59.5 Å². The number of nitrogens with zero attached hydrogens (tertiary/aromatic N) is 3. The van der Waals surface area contributed by atoms with Crippen molar-refractivity contribution in [1.29, 1.82) is 0 Å². The largest absolute Gasteiger partial charge is 0.416 e. The lowest BCUT2D eigenvalue weighted by Crippen LogP contribution is -2.56. The fourth-order valence-corrected chi connectivity index (χ4v) is 7.44. The summed E-state index contributed by atoms with van der Waals surface area (Å²) in [6, 6.07) is 42.7. The molecule has 1 fully saturated rings. The van der Waals surface area contributed by atoms with E-state index in [4.69, 9.17) is 0 Å². The van der Waals surface area contributed by atoms with E-state index >= 15 is 0 Å². The molecule has 0 bridgehead atoms. The maximum absolute atomic E-state index is 14.8. The number of rotatable bonds is 15. The number of piperazine rings is 1. The van der Waals surface area contributed by atoms with Gasteiger partial charge in [-0.1, -0.05) is 147 Å². The van der Waals surface area contributed by atoms with Crippen LogP contribution in [0.15, 0.2) is 146 Å². The monoisotopic (exact) mass is 757 g/mol. The Bertz CT molecular complexity index is 1950. The Hall–Kier alpha value is -5.47. The molecule has 290 valence electrons. The van der Waals surface area contributed by atoms with Gasteiger partial charge in [0.25, 0.3) is 0 Å². The van der Waals surface area contributed by atoms with Crippen LogP contribution in [-0.4, -0.2) is 58.7 Å². The van der Waals surface area contributed by atoms with Crippen molar-refractivity contribution in [1.82, 2.24) is 14.7 Å². The number of hydrogen-bond acceptors (Lipinski definition) is 3. The number of unbranched alkanes of at least 4 members (excludes halogenated alkanes) is 2. The smallest absolute Gasteiger partial charge is 0.338 e. The lowest BCUT2D eigenvalue weighted by atomic mass is 9.96. The minimum atomic E-state index is -4.46. The SMILES string of the molecule is CCCCCc1ccc(CN(C(=O)/C=C/c2ccc(C(F)(F)F)cc2)[C@@H](Cc2ccccc2)C(=O)N2CCN(C(c3ccccc3)c3ccccc3)CC2)cc1. The topological polar surface area (TPSA) is 43.9 Å². The minimum absolute atomic E-state index is 0.0353. The molecule has 1 heterocycles. The van der Waals surface area contributed by atoms with Crippen LogP contribution in [0.2, 0.25) is 0 Å². The van der Waals surface area contributed by atoms with Gasteiger partial charge >= 0.3 is 6.18 Å². The van der Waals surface area contributed by atoms with Crippen molar-refractivity contribution in [2.24, 2.45) is 0 Å². The highest BCUT2D eigenvalue weighted by molar-refractivity contribution is 5.95.